The lowest BCUT2D eigenvalue weighted by Gasteiger charge is -2.18. The summed E-state index contributed by atoms with van der Waals surface area (Å²) in [6, 6.07) is 10.3. The number of nitrogens with two attached hydrogens (primary N) is 1. The van der Waals surface area contributed by atoms with Gasteiger partial charge in [0.15, 0.2) is 5.13 Å². The SMILES string of the molecule is NC(Cc1csc(N2CCCSCC2)n1)c1ccccc1. The summed E-state index contributed by atoms with van der Waals surface area (Å²) >= 11 is 3.80. The molecule has 2 heterocycles. The summed E-state index contributed by atoms with van der Waals surface area (Å²) in [6.45, 7) is 2.24. The molecule has 1 aromatic carbocycles. The Kier molecular flexibility index (Phi) is 5.17. The lowest BCUT2D eigenvalue weighted by atomic mass is 10.0. The smallest absolute Gasteiger partial charge is 0.185 e. The minimum atomic E-state index is 0.0286. The van der Waals surface area contributed by atoms with E-state index in [1.54, 1.807) is 11.3 Å². The van der Waals surface area contributed by atoms with E-state index in [0.717, 1.165) is 30.3 Å². The first kappa shape index (κ1) is 14.9. The molecule has 2 N–H and O–H groups in total. The van der Waals surface area contributed by atoms with Crippen LogP contribution in [-0.4, -0.2) is 29.6 Å². The highest BCUT2D eigenvalue weighted by Crippen LogP contribution is 2.25. The molecule has 3 rings (SSSR count). The van der Waals surface area contributed by atoms with Crippen molar-refractivity contribution >= 4 is 28.2 Å². The molecule has 1 saturated heterocycles. The van der Waals surface area contributed by atoms with Gasteiger partial charge < -0.3 is 10.6 Å². The third-order valence-electron chi connectivity index (χ3n) is 3.69. The zero-order valence-corrected chi connectivity index (χ0v) is 13.7. The molecule has 1 aliphatic rings. The molecule has 112 valence electrons. The topological polar surface area (TPSA) is 42.1 Å². The lowest BCUT2D eigenvalue weighted by Crippen LogP contribution is -2.25. The van der Waals surface area contributed by atoms with Crippen LogP contribution in [0.2, 0.25) is 0 Å². The molecule has 1 aromatic heterocycles. The van der Waals surface area contributed by atoms with Crippen LogP contribution in [-0.2, 0) is 6.42 Å². The molecule has 2 aromatic rings. The molecule has 5 heteroatoms. The van der Waals surface area contributed by atoms with Crippen LogP contribution in [0.25, 0.3) is 0 Å². The van der Waals surface area contributed by atoms with E-state index in [0.29, 0.717) is 0 Å². The Morgan fingerprint density at radius 2 is 2.05 bits per heavy atom. The normalized spacial score (nSPS) is 17.5. The fraction of sp³-hybridized carbons (Fsp3) is 0.438. The van der Waals surface area contributed by atoms with Gasteiger partial charge in [0.25, 0.3) is 0 Å². The van der Waals surface area contributed by atoms with Crippen LogP contribution in [0, 0.1) is 0 Å². The fourth-order valence-electron chi connectivity index (χ4n) is 2.52. The molecule has 21 heavy (non-hydrogen) atoms. The van der Waals surface area contributed by atoms with Crippen molar-refractivity contribution in [2.45, 2.75) is 18.9 Å². The molecule has 1 aliphatic heterocycles. The van der Waals surface area contributed by atoms with Crippen molar-refractivity contribution in [2.24, 2.45) is 5.73 Å². The second kappa shape index (κ2) is 7.29. The number of hydrogen-bond acceptors (Lipinski definition) is 5. The number of anilines is 1. The number of aromatic nitrogens is 1. The third-order valence-corrected chi connectivity index (χ3v) is 5.69. The molecule has 0 amide bonds. The van der Waals surface area contributed by atoms with E-state index in [4.69, 9.17) is 10.7 Å². The van der Waals surface area contributed by atoms with Gasteiger partial charge in [-0.05, 0) is 17.7 Å². The summed E-state index contributed by atoms with van der Waals surface area (Å²) in [5.74, 6) is 2.48. The summed E-state index contributed by atoms with van der Waals surface area (Å²) in [5.41, 5.74) is 8.58. The van der Waals surface area contributed by atoms with Crippen LogP contribution < -0.4 is 10.6 Å². The van der Waals surface area contributed by atoms with Gasteiger partial charge in [0, 0.05) is 36.7 Å². The van der Waals surface area contributed by atoms with Crippen molar-refractivity contribution in [2.75, 3.05) is 29.5 Å². The van der Waals surface area contributed by atoms with Crippen LogP contribution in [0.4, 0.5) is 5.13 Å². The Morgan fingerprint density at radius 1 is 1.19 bits per heavy atom. The van der Waals surface area contributed by atoms with Gasteiger partial charge in [0.1, 0.15) is 0 Å². The average Bonchev–Trinajstić information content (AvgIpc) is 2.81. The van der Waals surface area contributed by atoms with Crippen molar-refractivity contribution in [1.29, 1.82) is 0 Å². The minimum absolute atomic E-state index is 0.0286. The molecular formula is C16H21N3S2. The zero-order chi connectivity index (χ0) is 14.5. The predicted molar refractivity (Wildman–Crippen MR) is 93.3 cm³/mol. The molecule has 1 fully saturated rings. The molecule has 0 radical (unpaired) electrons. The summed E-state index contributed by atoms with van der Waals surface area (Å²) < 4.78 is 0. The highest BCUT2D eigenvalue weighted by Gasteiger charge is 2.15. The first-order chi connectivity index (χ1) is 10.3. The molecule has 0 aliphatic carbocycles. The van der Waals surface area contributed by atoms with E-state index in [2.05, 4.69) is 22.4 Å². The van der Waals surface area contributed by atoms with Crippen LogP contribution in [0.15, 0.2) is 35.7 Å². The van der Waals surface area contributed by atoms with Gasteiger partial charge in [-0.2, -0.15) is 11.8 Å². The molecule has 0 spiro atoms. The van der Waals surface area contributed by atoms with E-state index in [1.807, 2.05) is 30.0 Å². The number of nitrogens with zero attached hydrogens (tertiary/aromatic N) is 2. The Balaban J connectivity index is 1.64. The van der Waals surface area contributed by atoms with Gasteiger partial charge in [-0.1, -0.05) is 30.3 Å². The summed E-state index contributed by atoms with van der Waals surface area (Å²) in [5, 5.41) is 3.32. The lowest BCUT2D eigenvalue weighted by molar-refractivity contribution is 0.707. The Bertz CT molecular complexity index is 548. The van der Waals surface area contributed by atoms with Gasteiger partial charge in [-0.3, -0.25) is 0 Å². The van der Waals surface area contributed by atoms with Crippen molar-refractivity contribution in [3.05, 3.63) is 47.0 Å². The van der Waals surface area contributed by atoms with Gasteiger partial charge in [-0.15, -0.1) is 11.3 Å². The molecule has 1 unspecified atom stereocenters. The summed E-state index contributed by atoms with van der Waals surface area (Å²) in [6.07, 6.45) is 2.06. The molecule has 3 nitrogen and oxygen atoms in total. The van der Waals surface area contributed by atoms with E-state index < -0.39 is 0 Å². The number of thioether (sulfide) groups is 1. The van der Waals surface area contributed by atoms with Crippen molar-refractivity contribution in [3.63, 3.8) is 0 Å². The van der Waals surface area contributed by atoms with Gasteiger partial charge in [0.05, 0.1) is 5.69 Å². The number of hydrogen-bond donors (Lipinski definition) is 1. The van der Waals surface area contributed by atoms with E-state index in [9.17, 15) is 0 Å². The van der Waals surface area contributed by atoms with Crippen LogP contribution in [0.3, 0.4) is 0 Å². The first-order valence-electron chi connectivity index (χ1n) is 7.40. The van der Waals surface area contributed by atoms with E-state index in [1.165, 1.54) is 23.5 Å². The van der Waals surface area contributed by atoms with E-state index >= 15 is 0 Å². The second-order valence-corrected chi connectivity index (χ2v) is 7.36. The maximum atomic E-state index is 6.29. The van der Waals surface area contributed by atoms with Gasteiger partial charge in [0.2, 0.25) is 0 Å². The fourth-order valence-corrected chi connectivity index (χ4v) is 4.29. The molecular weight excluding hydrogens is 298 g/mol. The van der Waals surface area contributed by atoms with Crippen LogP contribution in [0.1, 0.15) is 23.7 Å². The maximum absolute atomic E-state index is 6.29. The van der Waals surface area contributed by atoms with E-state index in [-0.39, 0.29) is 6.04 Å². The first-order valence-corrected chi connectivity index (χ1v) is 9.44. The zero-order valence-electron chi connectivity index (χ0n) is 12.1. The molecule has 0 bridgehead atoms. The Hall–Kier alpha value is -1.04. The van der Waals surface area contributed by atoms with Gasteiger partial charge >= 0.3 is 0 Å². The third kappa shape index (κ3) is 3.99. The molecule has 0 saturated carbocycles. The Labute approximate surface area is 134 Å². The van der Waals surface area contributed by atoms with Crippen molar-refractivity contribution in [3.8, 4) is 0 Å². The quantitative estimate of drug-likeness (QED) is 0.938. The van der Waals surface area contributed by atoms with Crippen LogP contribution >= 0.6 is 23.1 Å². The number of benzene rings is 1. The highest BCUT2D eigenvalue weighted by atomic mass is 32.2. The minimum Gasteiger partial charge on any atom is -0.347 e. The number of thiazole rings is 1. The van der Waals surface area contributed by atoms with Crippen molar-refractivity contribution < 1.29 is 0 Å². The molecule has 1 atom stereocenters. The summed E-state index contributed by atoms with van der Waals surface area (Å²) in [4.78, 5) is 7.22. The summed E-state index contributed by atoms with van der Waals surface area (Å²) in [7, 11) is 0. The maximum Gasteiger partial charge on any atom is 0.185 e. The van der Waals surface area contributed by atoms with Crippen LogP contribution in [0.5, 0.6) is 0 Å². The monoisotopic (exact) mass is 319 g/mol. The average molecular weight is 319 g/mol. The van der Waals surface area contributed by atoms with Gasteiger partial charge in [-0.25, -0.2) is 4.98 Å². The predicted octanol–water partition coefficient (Wildman–Crippen LogP) is 3.33. The van der Waals surface area contributed by atoms with Crippen molar-refractivity contribution in [1.82, 2.24) is 4.98 Å². The highest BCUT2D eigenvalue weighted by molar-refractivity contribution is 7.99. The largest absolute Gasteiger partial charge is 0.347 e. The standard InChI is InChI=1S/C16H21N3S2/c17-15(13-5-2-1-3-6-13)11-14-12-21-16(18-14)19-7-4-9-20-10-8-19/h1-3,5-6,12,15H,4,7-11,17H2. The second-order valence-electron chi connectivity index (χ2n) is 5.30. The Morgan fingerprint density at radius 3 is 2.90 bits per heavy atom. The number of rotatable bonds is 4.